The van der Waals surface area contributed by atoms with E-state index in [9.17, 15) is 4.79 Å². The second kappa shape index (κ2) is 8.95. The van der Waals surface area contributed by atoms with E-state index in [0.717, 1.165) is 31.5 Å². The molecule has 0 atom stereocenters. The Morgan fingerprint density at radius 1 is 1.11 bits per heavy atom. The molecular formula is C21H25NO4S. The van der Waals surface area contributed by atoms with Crippen LogP contribution in [0.4, 0.5) is 0 Å². The standard InChI is InChI=1S/C21H25NO4S/c1-24-18-12-15(13-19(25-2)21(18)26-3)4-5-20(23)22-9-6-16(7-10-22)17-8-11-27-14-17/h4-5,8,11-14,16H,6-7,9-10H2,1-3H3/b5-4+. The van der Waals surface area contributed by atoms with E-state index in [1.165, 1.54) is 5.56 Å². The Labute approximate surface area is 164 Å². The van der Waals surface area contributed by atoms with Gasteiger partial charge in [0.1, 0.15) is 0 Å². The molecule has 1 aliphatic rings. The zero-order valence-electron chi connectivity index (χ0n) is 15.9. The van der Waals surface area contributed by atoms with E-state index >= 15 is 0 Å². The number of hydrogen-bond donors (Lipinski definition) is 0. The minimum atomic E-state index is 0.0347. The van der Waals surface area contributed by atoms with Crippen molar-refractivity contribution in [2.45, 2.75) is 18.8 Å². The van der Waals surface area contributed by atoms with Crippen LogP contribution < -0.4 is 14.2 Å². The molecule has 0 N–H and O–H groups in total. The van der Waals surface area contributed by atoms with E-state index in [2.05, 4.69) is 16.8 Å². The summed E-state index contributed by atoms with van der Waals surface area (Å²) >= 11 is 1.73. The molecule has 144 valence electrons. The van der Waals surface area contributed by atoms with Crippen LogP contribution in [0.5, 0.6) is 17.2 Å². The van der Waals surface area contributed by atoms with Crippen molar-refractivity contribution in [2.24, 2.45) is 0 Å². The predicted octanol–water partition coefficient (Wildman–Crippen LogP) is 4.19. The molecule has 0 bridgehead atoms. The second-order valence-electron chi connectivity index (χ2n) is 6.45. The lowest BCUT2D eigenvalue weighted by Gasteiger charge is -2.31. The molecule has 3 rings (SSSR count). The van der Waals surface area contributed by atoms with Gasteiger partial charge < -0.3 is 19.1 Å². The van der Waals surface area contributed by atoms with Crippen molar-refractivity contribution in [3.05, 3.63) is 46.2 Å². The number of carbonyl (C=O) groups excluding carboxylic acids is 1. The molecule has 1 amide bonds. The van der Waals surface area contributed by atoms with Gasteiger partial charge >= 0.3 is 0 Å². The average molecular weight is 388 g/mol. The van der Waals surface area contributed by atoms with E-state index in [0.29, 0.717) is 23.2 Å². The summed E-state index contributed by atoms with van der Waals surface area (Å²) in [5, 5.41) is 4.33. The molecule has 1 aromatic carbocycles. The van der Waals surface area contributed by atoms with Gasteiger partial charge in [0.2, 0.25) is 11.7 Å². The van der Waals surface area contributed by atoms with Crippen molar-refractivity contribution >= 4 is 23.3 Å². The van der Waals surface area contributed by atoms with Crippen LogP contribution in [0.3, 0.4) is 0 Å². The van der Waals surface area contributed by atoms with Crippen LogP contribution in [0.1, 0.15) is 29.9 Å². The molecule has 1 aromatic heterocycles. The summed E-state index contributed by atoms with van der Waals surface area (Å²) in [5.74, 6) is 2.28. The number of methoxy groups -OCH3 is 3. The number of nitrogens with zero attached hydrogens (tertiary/aromatic N) is 1. The zero-order chi connectivity index (χ0) is 19.2. The second-order valence-corrected chi connectivity index (χ2v) is 7.23. The summed E-state index contributed by atoms with van der Waals surface area (Å²) in [6.45, 7) is 1.58. The van der Waals surface area contributed by atoms with Gasteiger partial charge in [-0.25, -0.2) is 0 Å². The predicted molar refractivity (Wildman–Crippen MR) is 108 cm³/mol. The molecule has 0 spiro atoms. The van der Waals surface area contributed by atoms with Crippen LogP contribution in [0, 0.1) is 0 Å². The molecule has 1 fully saturated rings. The molecule has 6 heteroatoms. The Bertz CT molecular complexity index is 768. The third-order valence-corrected chi connectivity index (χ3v) is 5.63. The van der Waals surface area contributed by atoms with Crippen LogP contribution in [0.15, 0.2) is 35.0 Å². The Balaban J connectivity index is 1.65. The fourth-order valence-corrected chi connectivity index (χ4v) is 4.15. The van der Waals surface area contributed by atoms with Crippen LogP contribution in [-0.2, 0) is 4.79 Å². The maximum atomic E-state index is 12.6. The molecule has 1 saturated heterocycles. The third-order valence-electron chi connectivity index (χ3n) is 4.93. The highest BCUT2D eigenvalue weighted by molar-refractivity contribution is 7.07. The minimum Gasteiger partial charge on any atom is -0.493 e. The van der Waals surface area contributed by atoms with Gasteiger partial charge in [0.25, 0.3) is 0 Å². The number of hydrogen-bond acceptors (Lipinski definition) is 5. The first-order valence-corrected chi connectivity index (χ1v) is 9.89. The van der Waals surface area contributed by atoms with Crippen molar-refractivity contribution in [3.63, 3.8) is 0 Å². The van der Waals surface area contributed by atoms with Gasteiger partial charge in [0, 0.05) is 19.2 Å². The summed E-state index contributed by atoms with van der Waals surface area (Å²) in [7, 11) is 4.72. The van der Waals surface area contributed by atoms with E-state index in [4.69, 9.17) is 14.2 Å². The Morgan fingerprint density at radius 2 is 1.78 bits per heavy atom. The number of piperidine rings is 1. The van der Waals surface area contributed by atoms with Gasteiger partial charge in [0.05, 0.1) is 21.3 Å². The number of thiophene rings is 1. The molecule has 1 aliphatic heterocycles. The lowest BCUT2D eigenvalue weighted by atomic mass is 9.91. The number of rotatable bonds is 6. The summed E-state index contributed by atoms with van der Waals surface area (Å²) < 4.78 is 16.0. The van der Waals surface area contributed by atoms with Crippen LogP contribution in [0.25, 0.3) is 6.08 Å². The molecule has 5 nitrogen and oxygen atoms in total. The van der Waals surface area contributed by atoms with Crippen molar-refractivity contribution in [3.8, 4) is 17.2 Å². The normalized spacial score (nSPS) is 15.1. The Kier molecular flexibility index (Phi) is 6.40. The first-order chi connectivity index (χ1) is 13.2. The quantitative estimate of drug-likeness (QED) is 0.697. The van der Waals surface area contributed by atoms with E-state index in [1.54, 1.807) is 44.8 Å². The molecule has 27 heavy (non-hydrogen) atoms. The first-order valence-electron chi connectivity index (χ1n) is 8.95. The smallest absolute Gasteiger partial charge is 0.246 e. The highest BCUT2D eigenvalue weighted by Gasteiger charge is 2.23. The molecule has 2 aromatic rings. The van der Waals surface area contributed by atoms with Crippen molar-refractivity contribution in [2.75, 3.05) is 34.4 Å². The van der Waals surface area contributed by atoms with Gasteiger partial charge in [-0.05, 0) is 64.9 Å². The van der Waals surface area contributed by atoms with E-state index in [1.807, 2.05) is 17.0 Å². The van der Waals surface area contributed by atoms with Gasteiger partial charge in [-0.3, -0.25) is 4.79 Å². The van der Waals surface area contributed by atoms with Gasteiger partial charge in [-0.2, -0.15) is 11.3 Å². The van der Waals surface area contributed by atoms with Crippen molar-refractivity contribution < 1.29 is 19.0 Å². The maximum absolute atomic E-state index is 12.6. The SMILES string of the molecule is COc1cc(/C=C/C(=O)N2CCC(c3ccsc3)CC2)cc(OC)c1OC. The van der Waals surface area contributed by atoms with Crippen molar-refractivity contribution in [1.82, 2.24) is 4.90 Å². The lowest BCUT2D eigenvalue weighted by molar-refractivity contribution is -0.126. The summed E-state index contributed by atoms with van der Waals surface area (Å²) in [6, 6.07) is 5.85. The first kappa shape index (κ1) is 19.3. The summed E-state index contributed by atoms with van der Waals surface area (Å²) in [4.78, 5) is 14.5. The van der Waals surface area contributed by atoms with Gasteiger partial charge in [-0.15, -0.1) is 0 Å². The molecule has 0 unspecified atom stereocenters. The fourth-order valence-electron chi connectivity index (χ4n) is 3.41. The number of carbonyl (C=O) groups is 1. The maximum Gasteiger partial charge on any atom is 0.246 e. The third kappa shape index (κ3) is 4.45. The lowest BCUT2D eigenvalue weighted by Crippen LogP contribution is -2.36. The number of amides is 1. The number of benzene rings is 1. The van der Waals surface area contributed by atoms with E-state index < -0.39 is 0 Å². The average Bonchev–Trinajstić information content (AvgIpc) is 3.26. The van der Waals surface area contributed by atoms with Crippen LogP contribution in [-0.4, -0.2) is 45.2 Å². The van der Waals surface area contributed by atoms with E-state index in [-0.39, 0.29) is 5.91 Å². The molecule has 0 radical (unpaired) electrons. The fraction of sp³-hybridized carbons (Fsp3) is 0.381. The molecule has 0 aliphatic carbocycles. The van der Waals surface area contributed by atoms with Crippen molar-refractivity contribution in [1.29, 1.82) is 0 Å². The number of ether oxygens (including phenoxy) is 3. The summed E-state index contributed by atoms with van der Waals surface area (Å²) in [6.07, 6.45) is 5.43. The minimum absolute atomic E-state index is 0.0347. The number of likely N-dealkylation sites (tertiary alicyclic amines) is 1. The zero-order valence-corrected chi connectivity index (χ0v) is 16.8. The monoisotopic (exact) mass is 387 g/mol. The van der Waals surface area contributed by atoms with Crippen LogP contribution in [0.2, 0.25) is 0 Å². The Hall–Kier alpha value is -2.47. The Morgan fingerprint density at radius 3 is 2.30 bits per heavy atom. The molecule has 0 saturated carbocycles. The topological polar surface area (TPSA) is 48.0 Å². The molecular weight excluding hydrogens is 362 g/mol. The highest BCUT2D eigenvalue weighted by Crippen LogP contribution is 2.38. The largest absolute Gasteiger partial charge is 0.493 e. The molecule has 2 heterocycles. The summed E-state index contributed by atoms with van der Waals surface area (Å²) in [5.41, 5.74) is 2.23. The van der Waals surface area contributed by atoms with Crippen LogP contribution >= 0.6 is 11.3 Å². The highest BCUT2D eigenvalue weighted by atomic mass is 32.1. The van der Waals surface area contributed by atoms with Gasteiger partial charge in [-0.1, -0.05) is 0 Å². The van der Waals surface area contributed by atoms with Gasteiger partial charge in [0.15, 0.2) is 11.5 Å².